The van der Waals surface area contributed by atoms with Crippen LogP contribution in [0.2, 0.25) is 0 Å². The molecule has 0 spiro atoms. The van der Waals surface area contributed by atoms with E-state index in [9.17, 15) is 4.79 Å². The van der Waals surface area contributed by atoms with Crippen LogP contribution < -0.4 is 5.32 Å². The third-order valence-corrected chi connectivity index (χ3v) is 2.74. The van der Waals surface area contributed by atoms with Gasteiger partial charge in [-0.05, 0) is 45.2 Å². The summed E-state index contributed by atoms with van der Waals surface area (Å²) in [6.45, 7) is 8.08. The molecule has 18 heavy (non-hydrogen) atoms. The monoisotopic (exact) mass is 249 g/mol. The van der Waals surface area contributed by atoms with Crippen molar-refractivity contribution in [3.05, 3.63) is 35.4 Å². The van der Waals surface area contributed by atoms with E-state index in [0.717, 1.165) is 6.42 Å². The van der Waals surface area contributed by atoms with Crippen LogP contribution in [0, 0.1) is 6.92 Å². The zero-order valence-electron chi connectivity index (χ0n) is 11.7. The predicted molar refractivity (Wildman–Crippen MR) is 73.6 cm³/mol. The van der Waals surface area contributed by atoms with E-state index < -0.39 is 0 Å². The summed E-state index contributed by atoms with van der Waals surface area (Å²) in [6.07, 6.45) is 0.933. The first-order valence-corrected chi connectivity index (χ1v) is 6.44. The lowest BCUT2D eigenvalue weighted by atomic mass is 10.0. The van der Waals surface area contributed by atoms with E-state index in [1.807, 2.05) is 32.9 Å². The van der Waals surface area contributed by atoms with Crippen molar-refractivity contribution in [1.82, 2.24) is 5.32 Å². The molecule has 0 fully saturated rings. The van der Waals surface area contributed by atoms with Crippen LogP contribution in [0.1, 0.15) is 31.9 Å². The van der Waals surface area contributed by atoms with Crippen LogP contribution >= 0.6 is 0 Å². The summed E-state index contributed by atoms with van der Waals surface area (Å²) in [5.74, 6) is -0.0511. The molecular formula is C15H23NO2. The maximum Gasteiger partial charge on any atom is 0.246 e. The SMILES string of the molecule is Cc1ccccc1CC(C)NC(=O)COC(C)C. The van der Waals surface area contributed by atoms with Crippen LogP contribution in [0.25, 0.3) is 0 Å². The maximum absolute atomic E-state index is 11.6. The van der Waals surface area contributed by atoms with E-state index in [1.54, 1.807) is 0 Å². The highest BCUT2D eigenvalue weighted by Crippen LogP contribution is 2.09. The van der Waals surface area contributed by atoms with Crippen LogP contribution in [-0.2, 0) is 16.0 Å². The van der Waals surface area contributed by atoms with Crippen LogP contribution in [-0.4, -0.2) is 24.7 Å². The van der Waals surface area contributed by atoms with E-state index in [1.165, 1.54) is 11.1 Å². The Morgan fingerprint density at radius 3 is 2.56 bits per heavy atom. The van der Waals surface area contributed by atoms with Gasteiger partial charge >= 0.3 is 0 Å². The van der Waals surface area contributed by atoms with Crippen molar-refractivity contribution in [2.75, 3.05) is 6.61 Å². The first-order valence-electron chi connectivity index (χ1n) is 6.44. The Balaban J connectivity index is 2.40. The number of benzene rings is 1. The molecule has 0 aromatic heterocycles. The second-order valence-electron chi connectivity index (χ2n) is 4.96. The number of rotatable bonds is 6. The second kappa shape index (κ2) is 7.17. The van der Waals surface area contributed by atoms with Crippen molar-refractivity contribution in [2.24, 2.45) is 0 Å². The molecular weight excluding hydrogens is 226 g/mol. The van der Waals surface area contributed by atoms with Gasteiger partial charge in [-0.2, -0.15) is 0 Å². The average molecular weight is 249 g/mol. The predicted octanol–water partition coefficient (Wildman–Crippen LogP) is 2.47. The molecule has 0 heterocycles. The van der Waals surface area contributed by atoms with Crippen molar-refractivity contribution in [3.63, 3.8) is 0 Å². The topological polar surface area (TPSA) is 38.3 Å². The van der Waals surface area contributed by atoms with Gasteiger partial charge in [0.05, 0.1) is 6.10 Å². The summed E-state index contributed by atoms with van der Waals surface area (Å²) >= 11 is 0. The summed E-state index contributed by atoms with van der Waals surface area (Å²) in [5.41, 5.74) is 2.53. The number of carbonyl (C=O) groups excluding carboxylic acids is 1. The van der Waals surface area contributed by atoms with Gasteiger partial charge in [-0.3, -0.25) is 4.79 Å². The largest absolute Gasteiger partial charge is 0.369 e. The third-order valence-electron chi connectivity index (χ3n) is 2.74. The molecule has 0 radical (unpaired) electrons. The maximum atomic E-state index is 11.6. The average Bonchev–Trinajstić information content (AvgIpc) is 2.29. The molecule has 0 saturated heterocycles. The molecule has 0 aliphatic rings. The van der Waals surface area contributed by atoms with E-state index in [2.05, 4.69) is 24.4 Å². The van der Waals surface area contributed by atoms with Gasteiger partial charge < -0.3 is 10.1 Å². The Labute approximate surface area is 110 Å². The molecule has 1 N–H and O–H groups in total. The van der Waals surface area contributed by atoms with E-state index >= 15 is 0 Å². The van der Waals surface area contributed by atoms with Crippen molar-refractivity contribution < 1.29 is 9.53 Å². The fourth-order valence-electron chi connectivity index (χ4n) is 1.78. The lowest BCUT2D eigenvalue weighted by Gasteiger charge is -2.16. The number of ether oxygens (including phenoxy) is 1. The van der Waals surface area contributed by atoms with Gasteiger partial charge in [0.15, 0.2) is 0 Å². The molecule has 100 valence electrons. The van der Waals surface area contributed by atoms with E-state index in [4.69, 9.17) is 4.74 Å². The number of carbonyl (C=O) groups is 1. The molecule has 3 nitrogen and oxygen atoms in total. The zero-order chi connectivity index (χ0) is 13.5. The molecule has 1 aromatic carbocycles. The Bertz CT molecular complexity index is 388. The van der Waals surface area contributed by atoms with E-state index in [0.29, 0.717) is 0 Å². The van der Waals surface area contributed by atoms with Gasteiger partial charge in [0.25, 0.3) is 0 Å². The molecule has 0 saturated carbocycles. The van der Waals surface area contributed by atoms with Crippen molar-refractivity contribution in [3.8, 4) is 0 Å². The minimum atomic E-state index is -0.0511. The van der Waals surface area contributed by atoms with Crippen LogP contribution in [0.3, 0.4) is 0 Å². The number of hydrogen-bond donors (Lipinski definition) is 1. The number of aryl methyl sites for hydroxylation is 1. The Morgan fingerprint density at radius 1 is 1.28 bits per heavy atom. The van der Waals surface area contributed by atoms with E-state index in [-0.39, 0.29) is 24.7 Å². The molecule has 0 bridgehead atoms. The molecule has 0 aliphatic carbocycles. The zero-order valence-corrected chi connectivity index (χ0v) is 11.7. The summed E-state index contributed by atoms with van der Waals surface area (Å²) in [6, 6.07) is 8.36. The lowest BCUT2D eigenvalue weighted by Crippen LogP contribution is -2.37. The minimum Gasteiger partial charge on any atom is -0.369 e. The van der Waals surface area contributed by atoms with Gasteiger partial charge in [-0.15, -0.1) is 0 Å². The van der Waals surface area contributed by atoms with Gasteiger partial charge in [0.2, 0.25) is 5.91 Å². The van der Waals surface area contributed by atoms with Crippen molar-refractivity contribution in [2.45, 2.75) is 46.3 Å². The summed E-state index contributed by atoms with van der Waals surface area (Å²) in [4.78, 5) is 11.6. The highest BCUT2D eigenvalue weighted by molar-refractivity contribution is 5.77. The molecule has 1 amide bonds. The van der Waals surface area contributed by atoms with Crippen LogP contribution in [0.5, 0.6) is 0 Å². The quantitative estimate of drug-likeness (QED) is 0.841. The fourth-order valence-corrected chi connectivity index (χ4v) is 1.78. The molecule has 1 aromatic rings. The Kier molecular flexibility index (Phi) is 5.86. The van der Waals surface area contributed by atoms with Crippen LogP contribution in [0.4, 0.5) is 0 Å². The summed E-state index contributed by atoms with van der Waals surface area (Å²) < 4.78 is 5.27. The molecule has 1 rings (SSSR count). The minimum absolute atomic E-state index is 0.0511. The van der Waals surface area contributed by atoms with Gasteiger partial charge in [0, 0.05) is 6.04 Å². The third kappa shape index (κ3) is 5.32. The molecule has 0 aliphatic heterocycles. The molecule has 3 heteroatoms. The van der Waals surface area contributed by atoms with Gasteiger partial charge in [-0.25, -0.2) is 0 Å². The standard InChI is InChI=1S/C15H23NO2/c1-11(2)18-10-15(17)16-13(4)9-14-8-6-5-7-12(14)3/h5-8,11,13H,9-10H2,1-4H3,(H,16,17). The fraction of sp³-hybridized carbons (Fsp3) is 0.533. The highest BCUT2D eigenvalue weighted by Gasteiger charge is 2.09. The number of nitrogens with one attached hydrogen (secondary N) is 1. The first-order chi connectivity index (χ1) is 8.49. The van der Waals surface area contributed by atoms with Gasteiger partial charge in [-0.1, -0.05) is 24.3 Å². The Morgan fingerprint density at radius 2 is 1.94 bits per heavy atom. The van der Waals surface area contributed by atoms with Gasteiger partial charge in [0.1, 0.15) is 6.61 Å². The highest BCUT2D eigenvalue weighted by atomic mass is 16.5. The molecule has 1 atom stereocenters. The smallest absolute Gasteiger partial charge is 0.246 e. The number of amides is 1. The Hall–Kier alpha value is -1.35. The van der Waals surface area contributed by atoms with Crippen molar-refractivity contribution in [1.29, 1.82) is 0 Å². The normalized spacial score (nSPS) is 12.5. The number of hydrogen-bond acceptors (Lipinski definition) is 2. The lowest BCUT2D eigenvalue weighted by molar-refractivity contribution is -0.127. The molecule has 1 unspecified atom stereocenters. The van der Waals surface area contributed by atoms with Crippen molar-refractivity contribution >= 4 is 5.91 Å². The van der Waals surface area contributed by atoms with Crippen LogP contribution in [0.15, 0.2) is 24.3 Å². The summed E-state index contributed by atoms with van der Waals surface area (Å²) in [5, 5.41) is 2.95. The summed E-state index contributed by atoms with van der Waals surface area (Å²) in [7, 11) is 0. The first kappa shape index (κ1) is 14.7. The second-order valence-corrected chi connectivity index (χ2v) is 4.96.